The molecule has 0 spiro atoms. The fraction of sp³-hybridized carbons (Fsp3) is 0.934. The van der Waals surface area contributed by atoms with E-state index < -0.39 is 62.4 Å². The third-order valence-electron chi connectivity index (χ3n) is 19.3. The first kappa shape index (κ1) is 75.8. The zero-order valence-electron chi connectivity index (χ0n) is 58.3. The molecule has 0 amide bonds. The van der Waals surface area contributed by atoms with Crippen molar-refractivity contribution in [3.8, 4) is 0 Å². The van der Waals surface area contributed by atoms with E-state index in [1.54, 1.807) is 0 Å². The number of rotatable bonds is 37. The Bertz CT molecular complexity index is 1900. The first-order chi connectivity index (χ1) is 39.0. The molecule has 0 aromatic heterocycles. The molecule has 0 aromatic rings. The summed E-state index contributed by atoms with van der Waals surface area (Å²) in [5.74, 6) is 0. The number of unbranched alkanes of at least 4 members (excludes halogenated alkanes) is 15. The molecule has 4 saturated heterocycles. The molecule has 4 fully saturated rings. The van der Waals surface area contributed by atoms with Crippen molar-refractivity contribution in [2.75, 3.05) is 192 Å². The first-order valence-corrected chi connectivity index (χ1v) is 40.4. The average molecular weight is 1260 g/mol. The molecule has 0 aromatic carbocycles. The Morgan fingerprint density at radius 1 is 0.325 bits per heavy atom. The van der Waals surface area contributed by atoms with Gasteiger partial charge in [-0.05, 0) is 0 Å². The van der Waals surface area contributed by atoms with Crippen LogP contribution in [0.1, 0.15) is 162 Å². The molecule has 4 aliphatic rings. The van der Waals surface area contributed by atoms with Crippen LogP contribution in [0.15, 0.2) is 19.1 Å². The van der Waals surface area contributed by atoms with E-state index in [4.69, 9.17) is 19.1 Å². The Morgan fingerprint density at radius 2 is 0.554 bits per heavy atom. The van der Waals surface area contributed by atoms with Crippen LogP contribution in [0.25, 0.3) is 0 Å². The molecule has 4 rings (SSSR count). The molecule has 0 bridgehead atoms. The van der Waals surface area contributed by atoms with Gasteiger partial charge in [0, 0.05) is 0 Å². The zero-order valence-corrected chi connectivity index (χ0v) is 62.8. The second-order valence-corrected chi connectivity index (χ2v) is 39.1. The van der Waals surface area contributed by atoms with Gasteiger partial charge in [0.1, 0.15) is 0 Å². The van der Waals surface area contributed by atoms with Gasteiger partial charge in [-0.3, -0.25) is 0 Å². The number of hydrogen-bond donors (Lipinski definition) is 1. The Hall–Kier alpha value is 0.310. The number of nitrogens with zero attached hydrogens (tertiary/aromatic N) is 16. The van der Waals surface area contributed by atoms with Crippen molar-refractivity contribution in [3.63, 3.8) is 0 Å². The molecule has 0 radical (unpaired) electrons. The SMILES string of the molecule is CCCCCCCCN(C)P1CCC(N(C)CCCCCCCC)(N(C)CCCCCCCC)C1=NP(O)(N=C1P(N(C)C)CCC1(N(C)C)N(C)C)(N=C1P(N(C)C)CCC1(N(C)C)N(C)C)N=C1P(N(C)C)CCC1(N(C)C)N(C)C. The van der Waals surface area contributed by atoms with Gasteiger partial charge in [-0.15, -0.1) is 0 Å². The summed E-state index contributed by atoms with van der Waals surface area (Å²) in [5.41, 5.74) is 1.46. The predicted octanol–water partition coefficient (Wildman–Crippen LogP) is 12.6. The van der Waals surface area contributed by atoms with Gasteiger partial charge in [-0.1, -0.05) is 0 Å². The van der Waals surface area contributed by atoms with Crippen molar-refractivity contribution in [3.05, 3.63) is 0 Å². The predicted molar refractivity (Wildman–Crippen MR) is 377 cm³/mol. The summed E-state index contributed by atoms with van der Waals surface area (Å²) in [5, 5.41) is 0. The minimum absolute atomic E-state index is 0.618. The maximum absolute atomic E-state index is 16.5. The third-order valence-corrected chi connectivity index (χ3v) is 32.4. The van der Waals surface area contributed by atoms with Crippen molar-refractivity contribution in [2.45, 2.75) is 185 Å². The van der Waals surface area contributed by atoms with E-state index in [1.165, 1.54) is 96.3 Å². The van der Waals surface area contributed by atoms with Crippen LogP contribution in [0.2, 0.25) is 0 Å². The van der Waals surface area contributed by atoms with E-state index in [0.29, 0.717) is 0 Å². The molecule has 83 heavy (non-hydrogen) atoms. The van der Waals surface area contributed by atoms with Crippen LogP contribution in [0.3, 0.4) is 0 Å². The monoisotopic (exact) mass is 1260 g/mol. The Labute approximate surface area is 517 Å². The van der Waals surface area contributed by atoms with Crippen LogP contribution < -0.4 is 0 Å². The molecule has 0 aliphatic carbocycles. The van der Waals surface area contributed by atoms with Gasteiger partial charge < -0.3 is 0 Å². The van der Waals surface area contributed by atoms with Crippen molar-refractivity contribution < 1.29 is 4.89 Å². The van der Waals surface area contributed by atoms with Crippen LogP contribution in [-0.2, 0) is 0 Å². The average Bonchev–Trinajstić information content (AvgIpc) is 4.42. The van der Waals surface area contributed by atoms with Crippen LogP contribution >= 0.6 is 39.7 Å². The molecule has 0 saturated carbocycles. The molecule has 4 unspecified atom stereocenters. The Morgan fingerprint density at radius 3 is 0.819 bits per heavy atom. The third kappa shape index (κ3) is 17.1. The van der Waals surface area contributed by atoms with Gasteiger partial charge in [0.2, 0.25) is 0 Å². The van der Waals surface area contributed by atoms with Gasteiger partial charge in [-0.2, -0.15) is 0 Å². The van der Waals surface area contributed by atoms with Gasteiger partial charge in [0.25, 0.3) is 0 Å². The fourth-order valence-electron chi connectivity index (χ4n) is 14.2. The zero-order chi connectivity index (χ0) is 62.3. The summed E-state index contributed by atoms with van der Waals surface area (Å²) < 4.78 is 36.0. The molecule has 1 N–H and O–H groups in total. The topological polar surface area (TPSA) is 109 Å². The Balaban J connectivity index is 2.51. The normalized spacial score (nSPS) is 25.4. The van der Waals surface area contributed by atoms with E-state index in [1.807, 2.05) is 0 Å². The molecule has 22 heteroatoms. The van der Waals surface area contributed by atoms with E-state index in [2.05, 4.69) is 227 Å². The standard InChI is InChI=1S/C61H131N16OP5/c1-25-28-31-34-37-40-47-75(22)61(76(23)48-41-38-35-32-29-26-2)46-53-82(77(24)49-42-39-36-33-30-27-3)57(61)65-83(78,62-54-58(66(4)5,67(6)7)43-50-79(54)72(16)17,63-55-59(68(8)9,69(10)11)44-51-80(55)73(18)19)64-56-60(70(12)13,71(14)15)45-52-81(56)74(20)21/h78H,25-53H2,1-24H3. The van der Waals surface area contributed by atoms with Gasteiger partial charge in [-0.25, -0.2) is 0 Å². The fourth-order valence-corrected chi connectivity index (χ4v) is 30.0. The van der Waals surface area contributed by atoms with Crippen LogP contribution in [0, 0.1) is 0 Å². The molecular weight excluding hydrogens is 1130 g/mol. The van der Waals surface area contributed by atoms with Gasteiger partial charge in [0.05, 0.1) is 0 Å². The molecule has 17 nitrogen and oxygen atoms in total. The molecule has 486 valence electrons. The summed E-state index contributed by atoms with van der Waals surface area (Å²) in [6, 6.07) is 0. The van der Waals surface area contributed by atoms with Crippen molar-refractivity contribution in [1.82, 2.24) is 57.9 Å². The van der Waals surface area contributed by atoms with Crippen LogP contribution in [0.4, 0.5) is 0 Å². The molecular formula is C61H131N16OP5. The summed E-state index contributed by atoms with van der Waals surface area (Å²) in [7, 11) is 37.1. The quantitative estimate of drug-likeness (QED) is 0.0363. The molecule has 4 aliphatic heterocycles. The van der Waals surface area contributed by atoms with Crippen LogP contribution in [0.5, 0.6) is 0 Å². The minimum atomic E-state index is -5.76. The van der Waals surface area contributed by atoms with E-state index >= 15 is 4.89 Å². The first-order valence-electron chi connectivity index (χ1n) is 32.5. The second kappa shape index (κ2) is 33.6. The van der Waals surface area contributed by atoms with Crippen molar-refractivity contribution in [1.29, 1.82) is 0 Å². The van der Waals surface area contributed by atoms with Gasteiger partial charge in [0.15, 0.2) is 0 Å². The van der Waals surface area contributed by atoms with E-state index in [9.17, 15) is 0 Å². The second-order valence-electron chi connectivity index (χ2n) is 26.8. The summed E-state index contributed by atoms with van der Waals surface area (Å²) >= 11 is 0. The molecule has 4 heterocycles. The van der Waals surface area contributed by atoms with Gasteiger partial charge >= 0.3 is 520 Å². The molecule has 4 atom stereocenters. The van der Waals surface area contributed by atoms with Crippen LogP contribution in [-0.4, -0.2) is 300 Å². The van der Waals surface area contributed by atoms with Crippen molar-refractivity contribution in [2.24, 2.45) is 19.1 Å². The Kier molecular flexibility index (Phi) is 30.6. The summed E-state index contributed by atoms with van der Waals surface area (Å²) in [6.07, 6.45) is 29.6. The summed E-state index contributed by atoms with van der Waals surface area (Å²) in [4.78, 5) is 36.1. The summed E-state index contributed by atoms with van der Waals surface area (Å²) in [6.45, 7) is 9.82. The van der Waals surface area contributed by atoms with E-state index in [-0.39, 0.29) is 0 Å². The number of hydrogen-bond acceptors (Lipinski definition) is 17. The van der Waals surface area contributed by atoms with E-state index in [0.717, 1.165) is 111 Å². The maximum atomic E-state index is 16.5. The van der Waals surface area contributed by atoms with Crippen molar-refractivity contribution >= 4 is 61.5 Å².